The van der Waals surface area contributed by atoms with Crippen LogP contribution in [-0.2, 0) is 16.1 Å². The van der Waals surface area contributed by atoms with Gasteiger partial charge >= 0.3 is 0 Å². The molecule has 0 unspecified atom stereocenters. The van der Waals surface area contributed by atoms with Gasteiger partial charge in [0, 0.05) is 31.0 Å². The highest BCUT2D eigenvalue weighted by atomic mass is 32.2. The summed E-state index contributed by atoms with van der Waals surface area (Å²) in [7, 11) is 0. The highest BCUT2D eigenvalue weighted by Gasteiger charge is 2.23. The fourth-order valence-electron chi connectivity index (χ4n) is 3.92. The highest BCUT2D eigenvalue weighted by Crippen LogP contribution is 2.30. The summed E-state index contributed by atoms with van der Waals surface area (Å²) >= 11 is 1.34. The van der Waals surface area contributed by atoms with Crippen LogP contribution in [0, 0.1) is 25.2 Å². The van der Waals surface area contributed by atoms with Gasteiger partial charge in [-0.05, 0) is 38.5 Å². The zero-order valence-electron chi connectivity index (χ0n) is 19.0. The van der Waals surface area contributed by atoms with E-state index in [1.165, 1.54) is 11.8 Å². The first-order chi connectivity index (χ1) is 16.0. The third kappa shape index (κ3) is 4.60. The SMILES string of the molecule is CCn1c(SCC(=O)Nc2c(C#N)c(C)c(C)n2-c2ccccc2)nnc1N1CCOCC1. The second kappa shape index (κ2) is 10.1. The molecule has 1 saturated heterocycles. The van der Waals surface area contributed by atoms with E-state index >= 15 is 0 Å². The number of nitrogens with zero attached hydrogens (tertiary/aromatic N) is 6. The first kappa shape index (κ1) is 22.9. The molecule has 1 aliphatic heterocycles. The molecule has 9 nitrogen and oxygen atoms in total. The summed E-state index contributed by atoms with van der Waals surface area (Å²) < 4.78 is 9.36. The summed E-state index contributed by atoms with van der Waals surface area (Å²) in [5, 5.41) is 22.1. The van der Waals surface area contributed by atoms with Crippen molar-refractivity contribution in [1.82, 2.24) is 19.3 Å². The Morgan fingerprint density at radius 3 is 2.61 bits per heavy atom. The predicted octanol–water partition coefficient (Wildman–Crippen LogP) is 3.14. The summed E-state index contributed by atoms with van der Waals surface area (Å²) in [5.41, 5.74) is 3.14. The number of anilines is 2. The molecule has 1 aliphatic rings. The average Bonchev–Trinajstić information content (AvgIpc) is 3.36. The molecule has 1 fully saturated rings. The number of carbonyl (C=O) groups excluding carboxylic acids is 1. The van der Waals surface area contributed by atoms with Crippen molar-refractivity contribution < 1.29 is 9.53 Å². The first-order valence-corrected chi connectivity index (χ1v) is 11.9. The van der Waals surface area contributed by atoms with Crippen molar-refractivity contribution in [2.75, 3.05) is 42.3 Å². The maximum Gasteiger partial charge on any atom is 0.236 e. The molecule has 10 heteroatoms. The fraction of sp³-hybridized carbons (Fsp3) is 0.391. The second-order valence-corrected chi connectivity index (χ2v) is 8.62. The molecule has 4 rings (SSSR count). The number of nitrogens with one attached hydrogen (secondary N) is 1. The van der Waals surface area contributed by atoms with Crippen molar-refractivity contribution in [2.45, 2.75) is 32.5 Å². The Morgan fingerprint density at radius 2 is 1.94 bits per heavy atom. The van der Waals surface area contributed by atoms with E-state index in [-0.39, 0.29) is 11.7 Å². The minimum absolute atomic E-state index is 0.157. The number of para-hydroxylation sites is 1. The Balaban J connectivity index is 1.52. The molecule has 3 heterocycles. The van der Waals surface area contributed by atoms with Crippen LogP contribution < -0.4 is 10.2 Å². The molecule has 172 valence electrons. The third-order valence-electron chi connectivity index (χ3n) is 5.74. The number of benzene rings is 1. The lowest BCUT2D eigenvalue weighted by molar-refractivity contribution is -0.113. The van der Waals surface area contributed by atoms with Gasteiger partial charge in [0.2, 0.25) is 11.9 Å². The Kier molecular flexibility index (Phi) is 7.01. The number of hydrogen-bond acceptors (Lipinski definition) is 7. The largest absolute Gasteiger partial charge is 0.378 e. The molecule has 1 aromatic carbocycles. The number of nitriles is 1. The Hall–Kier alpha value is -3.29. The van der Waals surface area contributed by atoms with Gasteiger partial charge in [-0.3, -0.25) is 13.9 Å². The van der Waals surface area contributed by atoms with E-state index in [0.717, 1.165) is 36.0 Å². The number of aromatic nitrogens is 4. The standard InChI is InChI=1S/C23H27N7O2S/c1-4-29-22(28-10-12-32-13-11-28)26-27-23(29)33-15-20(31)25-21-19(14-24)16(2)17(3)30(21)18-8-6-5-7-9-18/h5-9H,4,10-13,15H2,1-3H3,(H,25,31). The average molecular weight is 466 g/mol. The number of morpholine rings is 1. The molecular formula is C23H27N7O2S. The maximum absolute atomic E-state index is 12.9. The summed E-state index contributed by atoms with van der Waals surface area (Å²) in [6.45, 7) is 9.47. The van der Waals surface area contributed by atoms with Crippen molar-refractivity contribution in [3.63, 3.8) is 0 Å². The molecule has 3 aromatic rings. The molecule has 1 N–H and O–H groups in total. The molecule has 0 radical (unpaired) electrons. The van der Waals surface area contributed by atoms with Gasteiger partial charge in [-0.15, -0.1) is 10.2 Å². The van der Waals surface area contributed by atoms with Gasteiger partial charge < -0.3 is 15.0 Å². The van der Waals surface area contributed by atoms with Crippen LogP contribution in [0.3, 0.4) is 0 Å². The highest BCUT2D eigenvalue weighted by molar-refractivity contribution is 7.99. The fourth-order valence-corrected chi connectivity index (χ4v) is 4.72. The number of hydrogen-bond donors (Lipinski definition) is 1. The van der Waals surface area contributed by atoms with Gasteiger partial charge in [0.1, 0.15) is 11.9 Å². The Morgan fingerprint density at radius 1 is 1.21 bits per heavy atom. The lowest BCUT2D eigenvalue weighted by atomic mass is 10.2. The molecule has 0 saturated carbocycles. The molecule has 0 atom stereocenters. The second-order valence-electron chi connectivity index (χ2n) is 7.68. The molecule has 33 heavy (non-hydrogen) atoms. The van der Waals surface area contributed by atoms with Gasteiger partial charge in [0.25, 0.3) is 0 Å². The molecule has 2 aromatic heterocycles. The van der Waals surface area contributed by atoms with Gasteiger partial charge in [0.05, 0.1) is 24.5 Å². The van der Waals surface area contributed by atoms with E-state index < -0.39 is 0 Å². The van der Waals surface area contributed by atoms with E-state index in [0.29, 0.717) is 36.3 Å². The smallest absolute Gasteiger partial charge is 0.236 e. The number of ether oxygens (including phenoxy) is 1. The van der Waals surface area contributed by atoms with E-state index in [1.54, 1.807) is 0 Å². The van der Waals surface area contributed by atoms with Crippen LogP contribution in [0.15, 0.2) is 35.5 Å². The molecule has 0 spiro atoms. The summed E-state index contributed by atoms with van der Waals surface area (Å²) in [4.78, 5) is 15.1. The van der Waals surface area contributed by atoms with Gasteiger partial charge in [-0.2, -0.15) is 5.26 Å². The Labute approximate surface area is 197 Å². The quantitative estimate of drug-likeness (QED) is 0.535. The zero-order valence-corrected chi connectivity index (χ0v) is 19.9. The van der Waals surface area contributed by atoms with E-state index in [9.17, 15) is 10.1 Å². The number of amides is 1. The lowest BCUT2D eigenvalue weighted by Gasteiger charge is -2.27. The van der Waals surface area contributed by atoms with Gasteiger partial charge in [0.15, 0.2) is 5.16 Å². The number of thioether (sulfide) groups is 1. The van der Waals surface area contributed by atoms with Gasteiger partial charge in [-0.25, -0.2) is 0 Å². The van der Waals surface area contributed by atoms with Crippen molar-refractivity contribution in [1.29, 1.82) is 5.26 Å². The normalized spacial score (nSPS) is 13.7. The summed E-state index contributed by atoms with van der Waals surface area (Å²) in [6.07, 6.45) is 0. The van der Waals surface area contributed by atoms with Crippen molar-refractivity contribution >= 4 is 29.4 Å². The minimum atomic E-state index is -0.204. The minimum Gasteiger partial charge on any atom is -0.378 e. The van der Waals surface area contributed by atoms with Gasteiger partial charge in [-0.1, -0.05) is 30.0 Å². The zero-order chi connectivity index (χ0) is 23.4. The third-order valence-corrected chi connectivity index (χ3v) is 6.70. The number of rotatable bonds is 7. The summed E-state index contributed by atoms with van der Waals surface area (Å²) in [5.74, 6) is 1.25. The van der Waals surface area contributed by atoms with E-state index in [2.05, 4.69) is 26.5 Å². The Bertz CT molecular complexity index is 1170. The van der Waals surface area contributed by atoms with Crippen molar-refractivity contribution in [3.05, 3.63) is 47.2 Å². The van der Waals surface area contributed by atoms with Crippen LogP contribution in [0.1, 0.15) is 23.7 Å². The first-order valence-electron chi connectivity index (χ1n) is 10.9. The number of carbonyl (C=O) groups is 1. The van der Waals surface area contributed by atoms with Crippen LogP contribution >= 0.6 is 11.8 Å². The molecular weight excluding hydrogens is 438 g/mol. The van der Waals surface area contributed by atoms with E-state index in [4.69, 9.17) is 4.74 Å². The predicted molar refractivity (Wildman–Crippen MR) is 128 cm³/mol. The van der Waals surface area contributed by atoms with Crippen molar-refractivity contribution in [3.8, 4) is 11.8 Å². The monoisotopic (exact) mass is 465 g/mol. The lowest BCUT2D eigenvalue weighted by Crippen LogP contribution is -2.38. The molecule has 1 amide bonds. The maximum atomic E-state index is 12.9. The van der Waals surface area contributed by atoms with Crippen LogP contribution in [0.2, 0.25) is 0 Å². The van der Waals surface area contributed by atoms with E-state index in [1.807, 2.05) is 60.2 Å². The molecule has 0 bridgehead atoms. The molecule has 0 aliphatic carbocycles. The van der Waals surface area contributed by atoms with Crippen molar-refractivity contribution in [2.24, 2.45) is 0 Å². The van der Waals surface area contributed by atoms with Crippen LogP contribution in [0.25, 0.3) is 5.69 Å². The summed E-state index contributed by atoms with van der Waals surface area (Å²) in [6, 6.07) is 12.0. The van der Waals surface area contributed by atoms with Crippen LogP contribution in [-0.4, -0.2) is 57.3 Å². The van der Waals surface area contributed by atoms with Crippen LogP contribution in [0.5, 0.6) is 0 Å². The topological polar surface area (TPSA) is 101 Å². The van der Waals surface area contributed by atoms with Crippen LogP contribution in [0.4, 0.5) is 11.8 Å².